The Balaban J connectivity index is 4.44. The second-order valence-corrected chi connectivity index (χ2v) is 5.22. The van der Waals surface area contributed by atoms with Crippen molar-refractivity contribution in [3.05, 3.63) is 0 Å². The summed E-state index contributed by atoms with van der Waals surface area (Å²) in [5.41, 5.74) is 0.614. The zero-order chi connectivity index (χ0) is 10.5. The topological polar surface area (TPSA) is 0 Å². The Labute approximate surface area is 85.1 Å². The van der Waals surface area contributed by atoms with E-state index in [1.54, 1.807) is 0 Å². The highest BCUT2D eigenvalue weighted by Gasteiger charge is 2.31. The van der Waals surface area contributed by atoms with E-state index >= 15 is 0 Å². The van der Waals surface area contributed by atoms with Gasteiger partial charge < -0.3 is 0 Å². The van der Waals surface area contributed by atoms with Crippen LogP contribution in [0.15, 0.2) is 0 Å². The van der Waals surface area contributed by atoms with Gasteiger partial charge in [0.2, 0.25) is 0 Å². The van der Waals surface area contributed by atoms with Crippen LogP contribution in [0.25, 0.3) is 0 Å². The molecule has 0 aliphatic heterocycles. The summed E-state index contributed by atoms with van der Waals surface area (Å²) < 4.78 is 0. The Bertz CT molecular complexity index is 124. The number of hydrogen-bond acceptors (Lipinski definition) is 0. The first-order valence-electron chi connectivity index (χ1n) is 5.98. The molecule has 0 aromatic carbocycles. The Kier molecular flexibility index (Phi) is 5.67. The third-order valence-electron chi connectivity index (χ3n) is 3.49. The molecule has 0 heterocycles. The van der Waals surface area contributed by atoms with Crippen molar-refractivity contribution < 1.29 is 0 Å². The van der Waals surface area contributed by atoms with Crippen molar-refractivity contribution in [1.29, 1.82) is 0 Å². The molecule has 0 rings (SSSR count). The molecular weight excluding hydrogens is 156 g/mol. The summed E-state index contributed by atoms with van der Waals surface area (Å²) in [7, 11) is 0. The van der Waals surface area contributed by atoms with Gasteiger partial charge in [0.25, 0.3) is 0 Å². The zero-order valence-electron chi connectivity index (χ0n) is 10.5. The van der Waals surface area contributed by atoms with Gasteiger partial charge in [0.05, 0.1) is 0 Å². The summed E-state index contributed by atoms with van der Waals surface area (Å²) in [6.07, 6.45) is 5.48. The molecule has 0 N–H and O–H groups in total. The summed E-state index contributed by atoms with van der Waals surface area (Å²) >= 11 is 0. The minimum absolute atomic E-state index is 0.614. The lowest BCUT2D eigenvalue weighted by Crippen LogP contribution is -2.28. The molecule has 0 spiro atoms. The van der Waals surface area contributed by atoms with Crippen molar-refractivity contribution in [1.82, 2.24) is 0 Å². The standard InChI is InChI=1S/C13H28/c1-7-9-13(8-2,12(5)6)10-11(3)4/h11-12H,7-10H2,1-6H3. The van der Waals surface area contributed by atoms with Gasteiger partial charge in [0, 0.05) is 0 Å². The molecule has 13 heavy (non-hydrogen) atoms. The van der Waals surface area contributed by atoms with E-state index in [2.05, 4.69) is 41.5 Å². The number of hydrogen-bond donors (Lipinski definition) is 0. The SMILES string of the molecule is CCCC(CC)(CC(C)C)C(C)C. The van der Waals surface area contributed by atoms with Crippen LogP contribution in [0.2, 0.25) is 0 Å². The van der Waals surface area contributed by atoms with Crippen LogP contribution < -0.4 is 0 Å². The van der Waals surface area contributed by atoms with Gasteiger partial charge in [-0.3, -0.25) is 0 Å². The summed E-state index contributed by atoms with van der Waals surface area (Å²) in [6.45, 7) is 14.2. The molecule has 0 radical (unpaired) electrons. The van der Waals surface area contributed by atoms with Gasteiger partial charge in [-0.1, -0.05) is 54.4 Å². The van der Waals surface area contributed by atoms with E-state index in [0.717, 1.165) is 11.8 Å². The maximum atomic E-state index is 2.39. The van der Waals surface area contributed by atoms with Crippen LogP contribution in [-0.4, -0.2) is 0 Å². The summed E-state index contributed by atoms with van der Waals surface area (Å²) in [5.74, 6) is 1.67. The third kappa shape index (κ3) is 3.70. The molecule has 0 fully saturated rings. The summed E-state index contributed by atoms with van der Waals surface area (Å²) in [6, 6.07) is 0. The lowest BCUT2D eigenvalue weighted by atomic mass is 9.67. The van der Waals surface area contributed by atoms with Gasteiger partial charge in [-0.05, 0) is 30.1 Å². The van der Waals surface area contributed by atoms with Crippen molar-refractivity contribution in [3.63, 3.8) is 0 Å². The average Bonchev–Trinajstić information content (AvgIpc) is 2.02. The van der Waals surface area contributed by atoms with E-state index in [4.69, 9.17) is 0 Å². The highest BCUT2D eigenvalue weighted by molar-refractivity contribution is 4.81. The van der Waals surface area contributed by atoms with E-state index in [1.807, 2.05) is 0 Å². The summed E-state index contributed by atoms with van der Waals surface area (Å²) in [4.78, 5) is 0. The monoisotopic (exact) mass is 184 g/mol. The molecule has 0 aliphatic carbocycles. The quantitative estimate of drug-likeness (QED) is 0.551. The molecule has 80 valence electrons. The number of rotatable bonds is 6. The third-order valence-corrected chi connectivity index (χ3v) is 3.49. The fraction of sp³-hybridized carbons (Fsp3) is 1.00. The highest BCUT2D eigenvalue weighted by atomic mass is 14.4. The second-order valence-electron chi connectivity index (χ2n) is 5.22. The van der Waals surface area contributed by atoms with Crippen LogP contribution in [0, 0.1) is 17.3 Å². The van der Waals surface area contributed by atoms with Gasteiger partial charge in [-0.15, -0.1) is 0 Å². The first kappa shape index (κ1) is 13.0. The van der Waals surface area contributed by atoms with Crippen molar-refractivity contribution >= 4 is 0 Å². The van der Waals surface area contributed by atoms with Crippen LogP contribution in [0.3, 0.4) is 0 Å². The predicted octanol–water partition coefficient (Wildman–Crippen LogP) is 4.89. The van der Waals surface area contributed by atoms with E-state index in [0.29, 0.717) is 5.41 Å². The van der Waals surface area contributed by atoms with Gasteiger partial charge in [0.15, 0.2) is 0 Å². The lowest BCUT2D eigenvalue weighted by molar-refractivity contribution is 0.123. The molecule has 0 saturated carbocycles. The smallest absolute Gasteiger partial charge is 0.0275 e. The minimum atomic E-state index is 0.614. The van der Waals surface area contributed by atoms with Crippen LogP contribution >= 0.6 is 0 Å². The molecule has 1 unspecified atom stereocenters. The molecule has 0 nitrogen and oxygen atoms in total. The fourth-order valence-electron chi connectivity index (χ4n) is 2.67. The van der Waals surface area contributed by atoms with E-state index in [-0.39, 0.29) is 0 Å². The molecule has 0 bridgehead atoms. The normalized spacial score (nSPS) is 16.6. The zero-order valence-corrected chi connectivity index (χ0v) is 10.5. The molecular formula is C13H28. The maximum Gasteiger partial charge on any atom is -0.0275 e. The summed E-state index contributed by atoms with van der Waals surface area (Å²) in [5, 5.41) is 0. The molecule has 0 saturated heterocycles. The highest BCUT2D eigenvalue weighted by Crippen LogP contribution is 2.42. The Morgan fingerprint density at radius 2 is 1.54 bits per heavy atom. The van der Waals surface area contributed by atoms with Crippen LogP contribution in [0.4, 0.5) is 0 Å². The molecule has 0 aromatic heterocycles. The lowest BCUT2D eigenvalue weighted by Gasteiger charge is -2.38. The Morgan fingerprint density at radius 3 is 1.77 bits per heavy atom. The van der Waals surface area contributed by atoms with Crippen molar-refractivity contribution in [2.24, 2.45) is 17.3 Å². The second kappa shape index (κ2) is 5.67. The average molecular weight is 184 g/mol. The van der Waals surface area contributed by atoms with Gasteiger partial charge >= 0.3 is 0 Å². The van der Waals surface area contributed by atoms with E-state index < -0.39 is 0 Å². The molecule has 0 heteroatoms. The molecule has 0 aliphatic rings. The van der Waals surface area contributed by atoms with Crippen molar-refractivity contribution in [3.8, 4) is 0 Å². The first-order valence-corrected chi connectivity index (χ1v) is 5.98. The van der Waals surface area contributed by atoms with E-state index in [1.165, 1.54) is 25.7 Å². The van der Waals surface area contributed by atoms with Crippen molar-refractivity contribution in [2.45, 2.75) is 67.2 Å². The van der Waals surface area contributed by atoms with Gasteiger partial charge in [-0.2, -0.15) is 0 Å². The van der Waals surface area contributed by atoms with Gasteiger partial charge in [0.1, 0.15) is 0 Å². The fourth-order valence-corrected chi connectivity index (χ4v) is 2.67. The first-order chi connectivity index (χ1) is 5.98. The minimum Gasteiger partial charge on any atom is -0.0654 e. The molecule has 0 amide bonds. The van der Waals surface area contributed by atoms with Crippen LogP contribution in [0.5, 0.6) is 0 Å². The maximum absolute atomic E-state index is 2.39. The van der Waals surface area contributed by atoms with Crippen molar-refractivity contribution in [2.75, 3.05) is 0 Å². The Hall–Kier alpha value is 0. The van der Waals surface area contributed by atoms with E-state index in [9.17, 15) is 0 Å². The Morgan fingerprint density at radius 1 is 1.00 bits per heavy atom. The molecule has 1 atom stereocenters. The largest absolute Gasteiger partial charge is 0.0654 e. The van der Waals surface area contributed by atoms with Crippen LogP contribution in [0.1, 0.15) is 67.2 Å². The van der Waals surface area contributed by atoms with Crippen LogP contribution in [-0.2, 0) is 0 Å². The molecule has 0 aromatic rings. The predicted molar refractivity (Wildman–Crippen MR) is 61.9 cm³/mol. The van der Waals surface area contributed by atoms with Gasteiger partial charge in [-0.25, -0.2) is 0 Å².